The van der Waals surface area contributed by atoms with Gasteiger partial charge in [-0.25, -0.2) is 13.8 Å². The van der Waals surface area contributed by atoms with Gasteiger partial charge in [-0.2, -0.15) is 0 Å². The minimum atomic E-state index is -0.851. The van der Waals surface area contributed by atoms with E-state index in [-0.39, 0.29) is 11.2 Å². The third-order valence-corrected chi connectivity index (χ3v) is 5.45. The fraction of sp³-hybridized carbons (Fsp3) is 0.188. The van der Waals surface area contributed by atoms with Crippen molar-refractivity contribution in [1.82, 2.24) is 9.55 Å². The van der Waals surface area contributed by atoms with E-state index in [0.29, 0.717) is 21.4 Å². The summed E-state index contributed by atoms with van der Waals surface area (Å²) in [5.41, 5.74) is -0.291. The number of rotatable bonds is 4. The monoisotopic (exact) mass is 381 g/mol. The first-order chi connectivity index (χ1) is 11.9. The van der Waals surface area contributed by atoms with Crippen molar-refractivity contribution < 1.29 is 13.6 Å². The highest BCUT2D eigenvalue weighted by molar-refractivity contribution is 8.00. The van der Waals surface area contributed by atoms with E-state index in [2.05, 4.69) is 10.3 Å². The lowest BCUT2D eigenvalue weighted by atomic mass is 10.3. The second-order valence-corrected chi connectivity index (χ2v) is 7.47. The van der Waals surface area contributed by atoms with Crippen LogP contribution in [0.15, 0.2) is 39.6 Å². The topological polar surface area (TPSA) is 64.0 Å². The molecule has 2 heterocycles. The third kappa shape index (κ3) is 3.57. The summed E-state index contributed by atoms with van der Waals surface area (Å²) in [6.45, 7) is 1.62. The van der Waals surface area contributed by atoms with Crippen molar-refractivity contribution in [3.8, 4) is 0 Å². The van der Waals surface area contributed by atoms with Crippen LogP contribution in [0.2, 0.25) is 0 Å². The molecule has 0 aliphatic rings. The molecule has 1 atom stereocenters. The van der Waals surface area contributed by atoms with Crippen LogP contribution >= 0.6 is 23.1 Å². The van der Waals surface area contributed by atoms with Crippen LogP contribution in [-0.2, 0) is 11.8 Å². The van der Waals surface area contributed by atoms with Gasteiger partial charge in [-0.15, -0.1) is 11.3 Å². The third-order valence-electron chi connectivity index (χ3n) is 3.50. The molecule has 0 saturated carbocycles. The van der Waals surface area contributed by atoms with Crippen molar-refractivity contribution in [3.05, 3.63) is 51.6 Å². The molecule has 3 aromatic rings. The average molecular weight is 381 g/mol. The van der Waals surface area contributed by atoms with E-state index in [9.17, 15) is 18.4 Å². The van der Waals surface area contributed by atoms with E-state index in [4.69, 9.17) is 0 Å². The van der Waals surface area contributed by atoms with Crippen molar-refractivity contribution in [2.45, 2.75) is 17.3 Å². The first-order valence-electron chi connectivity index (χ1n) is 7.23. The molecule has 0 aliphatic heterocycles. The molecular weight excluding hydrogens is 368 g/mol. The molecule has 2 aromatic heterocycles. The Morgan fingerprint density at radius 2 is 2.12 bits per heavy atom. The molecule has 0 spiro atoms. The highest BCUT2D eigenvalue weighted by Crippen LogP contribution is 2.25. The van der Waals surface area contributed by atoms with E-state index in [1.54, 1.807) is 25.4 Å². The summed E-state index contributed by atoms with van der Waals surface area (Å²) in [7, 11) is 1.58. The van der Waals surface area contributed by atoms with Gasteiger partial charge >= 0.3 is 0 Å². The number of halogens is 2. The number of anilines is 1. The molecule has 1 N–H and O–H groups in total. The first kappa shape index (κ1) is 17.6. The van der Waals surface area contributed by atoms with Crippen LogP contribution in [0.5, 0.6) is 0 Å². The standard InChI is InChI=1S/C16H13F2N3O2S2/c1-8(13(22)19-12-4-3-9(17)7-11(12)18)25-16-20-14-10(5-6-24-14)15(23)21(16)2/h3-8H,1-2H3,(H,19,22). The molecule has 1 aromatic carbocycles. The number of fused-ring (bicyclic) bond motifs is 1. The van der Waals surface area contributed by atoms with Crippen molar-refractivity contribution in [1.29, 1.82) is 0 Å². The van der Waals surface area contributed by atoms with Crippen LogP contribution in [0.1, 0.15) is 6.92 Å². The predicted molar refractivity (Wildman–Crippen MR) is 95.2 cm³/mol. The number of thioether (sulfide) groups is 1. The maximum Gasteiger partial charge on any atom is 0.262 e. The van der Waals surface area contributed by atoms with Crippen LogP contribution in [-0.4, -0.2) is 20.7 Å². The van der Waals surface area contributed by atoms with Crippen molar-refractivity contribution in [2.75, 3.05) is 5.32 Å². The second-order valence-electron chi connectivity index (χ2n) is 5.27. The number of hydrogen-bond donors (Lipinski definition) is 1. The Morgan fingerprint density at radius 3 is 2.84 bits per heavy atom. The molecule has 0 radical (unpaired) electrons. The Morgan fingerprint density at radius 1 is 1.36 bits per heavy atom. The minimum Gasteiger partial charge on any atom is -0.323 e. The molecule has 130 valence electrons. The fourth-order valence-corrected chi connectivity index (χ4v) is 3.80. The summed E-state index contributed by atoms with van der Waals surface area (Å²) in [6.07, 6.45) is 0. The van der Waals surface area contributed by atoms with E-state index >= 15 is 0 Å². The minimum absolute atomic E-state index is 0.102. The van der Waals surface area contributed by atoms with Crippen molar-refractivity contribution in [3.63, 3.8) is 0 Å². The zero-order valence-electron chi connectivity index (χ0n) is 13.2. The van der Waals surface area contributed by atoms with E-state index < -0.39 is 22.8 Å². The van der Waals surface area contributed by atoms with E-state index in [1.165, 1.54) is 15.9 Å². The predicted octanol–water partition coefficient (Wildman–Crippen LogP) is 3.39. The number of thiophene rings is 1. The molecule has 1 unspecified atom stereocenters. The van der Waals surface area contributed by atoms with Gasteiger partial charge in [0.05, 0.1) is 16.3 Å². The lowest BCUT2D eigenvalue weighted by molar-refractivity contribution is -0.115. The van der Waals surface area contributed by atoms with Gasteiger partial charge < -0.3 is 5.32 Å². The number of carbonyl (C=O) groups excluding carboxylic acids is 1. The number of carbonyl (C=O) groups is 1. The molecule has 5 nitrogen and oxygen atoms in total. The Balaban J connectivity index is 1.79. The van der Waals surface area contributed by atoms with Crippen LogP contribution in [0.25, 0.3) is 10.2 Å². The highest BCUT2D eigenvalue weighted by atomic mass is 32.2. The van der Waals surface area contributed by atoms with E-state index in [0.717, 1.165) is 23.9 Å². The SMILES string of the molecule is CC(Sc1nc2sccc2c(=O)n1C)C(=O)Nc1ccc(F)cc1F. The molecule has 9 heteroatoms. The van der Waals surface area contributed by atoms with Gasteiger partial charge in [0.2, 0.25) is 5.91 Å². The zero-order valence-corrected chi connectivity index (χ0v) is 14.9. The number of nitrogens with one attached hydrogen (secondary N) is 1. The van der Waals surface area contributed by atoms with Gasteiger partial charge in [0.25, 0.3) is 5.56 Å². The average Bonchev–Trinajstić information content (AvgIpc) is 3.03. The molecule has 0 fully saturated rings. The number of amides is 1. The summed E-state index contributed by atoms with van der Waals surface area (Å²) in [4.78, 5) is 29.5. The maximum absolute atomic E-state index is 13.6. The van der Waals surface area contributed by atoms with Gasteiger partial charge in [0.1, 0.15) is 16.5 Å². The molecular formula is C16H13F2N3O2S2. The van der Waals surface area contributed by atoms with Gasteiger partial charge in [-0.3, -0.25) is 14.2 Å². The molecule has 1 amide bonds. The summed E-state index contributed by atoms with van der Waals surface area (Å²) >= 11 is 2.43. The number of nitrogens with zero attached hydrogens (tertiary/aromatic N) is 2. The summed E-state index contributed by atoms with van der Waals surface area (Å²) in [5.74, 6) is -2.05. The summed E-state index contributed by atoms with van der Waals surface area (Å²) in [5, 5.41) is 4.47. The second kappa shape index (κ2) is 6.93. The van der Waals surface area contributed by atoms with Gasteiger partial charge in [0, 0.05) is 13.1 Å². The van der Waals surface area contributed by atoms with Crippen LogP contribution < -0.4 is 10.9 Å². The maximum atomic E-state index is 13.6. The molecule has 0 saturated heterocycles. The van der Waals surface area contributed by atoms with Gasteiger partial charge in [-0.1, -0.05) is 11.8 Å². The van der Waals surface area contributed by atoms with Gasteiger partial charge in [0.15, 0.2) is 5.16 Å². The highest BCUT2D eigenvalue weighted by Gasteiger charge is 2.19. The largest absolute Gasteiger partial charge is 0.323 e. The number of hydrogen-bond acceptors (Lipinski definition) is 5. The number of aromatic nitrogens is 2. The normalized spacial score (nSPS) is 12.3. The zero-order chi connectivity index (χ0) is 18.1. The smallest absolute Gasteiger partial charge is 0.262 e. The van der Waals surface area contributed by atoms with Crippen LogP contribution in [0.3, 0.4) is 0 Å². The molecule has 3 rings (SSSR count). The van der Waals surface area contributed by atoms with Gasteiger partial charge in [-0.05, 0) is 30.5 Å². The Hall–Kier alpha value is -2.26. The van der Waals surface area contributed by atoms with Crippen molar-refractivity contribution >= 4 is 44.9 Å². The quantitative estimate of drug-likeness (QED) is 0.556. The Labute approximate surface area is 149 Å². The fourth-order valence-electron chi connectivity index (χ4n) is 2.12. The van der Waals surface area contributed by atoms with E-state index in [1.807, 2.05) is 0 Å². The lowest BCUT2D eigenvalue weighted by Crippen LogP contribution is -2.25. The first-order valence-corrected chi connectivity index (χ1v) is 8.99. The molecule has 25 heavy (non-hydrogen) atoms. The van der Waals surface area contributed by atoms with Crippen LogP contribution in [0, 0.1) is 11.6 Å². The summed E-state index contributed by atoms with van der Waals surface area (Å²) < 4.78 is 27.9. The summed E-state index contributed by atoms with van der Waals surface area (Å²) in [6, 6.07) is 4.62. The molecule has 0 aliphatic carbocycles. The van der Waals surface area contributed by atoms with Crippen LogP contribution in [0.4, 0.5) is 14.5 Å². The molecule has 0 bridgehead atoms. The Bertz CT molecular complexity index is 1020. The Kier molecular flexibility index (Phi) is 4.87. The van der Waals surface area contributed by atoms with Crippen molar-refractivity contribution in [2.24, 2.45) is 7.05 Å². The lowest BCUT2D eigenvalue weighted by Gasteiger charge is -2.13. The number of benzene rings is 1.